The summed E-state index contributed by atoms with van der Waals surface area (Å²) in [6, 6.07) is 9.43. The number of fused-ring (bicyclic) bond motifs is 1. The second-order valence-corrected chi connectivity index (χ2v) is 8.58. The fourth-order valence-corrected chi connectivity index (χ4v) is 4.11. The molecule has 37 heavy (non-hydrogen) atoms. The molecule has 4 heterocycles. The van der Waals surface area contributed by atoms with Crippen LogP contribution in [0.15, 0.2) is 41.7 Å². The van der Waals surface area contributed by atoms with Gasteiger partial charge in [0.05, 0.1) is 37.8 Å². The van der Waals surface area contributed by atoms with E-state index in [4.69, 9.17) is 24.5 Å². The van der Waals surface area contributed by atoms with E-state index in [1.54, 1.807) is 36.0 Å². The number of aliphatic imine (C=N–C) groups is 1. The van der Waals surface area contributed by atoms with E-state index in [0.29, 0.717) is 29.6 Å². The van der Waals surface area contributed by atoms with Crippen LogP contribution in [0.3, 0.4) is 0 Å². The summed E-state index contributed by atoms with van der Waals surface area (Å²) >= 11 is 0. The number of anilines is 2. The van der Waals surface area contributed by atoms with Crippen LogP contribution in [0.4, 0.5) is 11.8 Å². The molecule has 192 valence electrons. The van der Waals surface area contributed by atoms with Gasteiger partial charge in [0.25, 0.3) is 0 Å². The molecule has 0 amide bonds. The van der Waals surface area contributed by atoms with E-state index in [2.05, 4.69) is 31.7 Å². The molecule has 1 unspecified atom stereocenters. The third kappa shape index (κ3) is 4.95. The Kier molecular flexibility index (Phi) is 6.97. The molecule has 5 atom stereocenters. The van der Waals surface area contributed by atoms with Crippen molar-refractivity contribution in [2.45, 2.75) is 50.8 Å². The fraction of sp³-hybridized carbons (Fsp3) is 0.375. The summed E-state index contributed by atoms with van der Waals surface area (Å²) in [5.74, 6) is 0.884. The van der Waals surface area contributed by atoms with E-state index in [1.165, 1.54) is 13.4 Å². The van der Waals surface area contributed by atoms with Crippen molar-refractivity contribution in [3.63, 3.8) is 0 Å². The zero-order valence-corrected chi connectivity index (χ0v) is 20.1. The van der Waals surface area contributed by atoms with Crippen LogP contribution in [0, 0.1) is 11.3 Å². The minimum Gasteiger partial charge on any atom is -0.467 e. The van der Waals surface area contributed by atoms with Gasteiger partial charge in [0.1, 0.15) is 23.7 Å². The monoisotopic (exact) mass is 506 g/mol. The third-order valence-corrected chi connectivity index (χ3v) is 6.12. The topological polar surface area (TPSA) is 172 Å². The average Bonchev–Trinajstić information content (AvgIpc) is 3.43. The molecule has 5 rings (SSSR count). The first-order chi connectivity index (χ1) is 18.0. The van der Waals surface area contributed by atoms with Gasteiger partial charge in [-0.2, -0.15) is 5.26 Å². The number of aliphatic hydroxyl groups excluding tert-OH is 2. The molecule has 0 saturated carbocycles. The molecule has 0 spiro atoms. The number of benzene rings is 1. The van der Waals surface area contributed by atoms with Crippen molar-refractivity contribution in [2.24, 2.45) is 4.99 Å². The maximum Gasteiger partial charge on any atom is 0.316 e. The molecule has 1 aromatic carbocycles. The Morgan fingerprint density at radius 1 is 1.16 bits per heavy atom. The Balaban J connectivity index is 1.42. The van der Waals surface area contributed by atoms with Crippen LogP contribution in [0.25, 0.3) is 0 Å². The number of ether oxygens (including phenoxy) is 3. The maximum absolute atomic E-state index is 10.7. The summed E-state index contributed by atoms with van der Waals surface area (Å²) in [6.45, 7) is 2.25. The number of methoxy groups -OCH3 is 1. The first kappa shape index (κ1) is 24.6. The highest BCUT2D eigenvalue weighted by Crippen LogP contribution is 2.40. The predicted molar refractivity (Wildman–Crippen MR) is 131 cm³/mol. The fourth-order valence-electron chi connectivity index (χ4n) is 4.11. The van der Waals surface area contributed by atoms with E-state index >= 15 is 0 Å². The Labute approximate surface area is 212 Å². The molecular formula is C24H26N8O5. The van der Waals surface area contributed by atoms with E-state index < -0.39 is 30.8 Å². The second-order valence-electron chi connectivity index (χ2n) is 8.58. The molecule has 3 aromatic rings. The molecule has 0 radical (unpaired) electrons. The zero-order chi connectivity index (χ0) is 25.9. The van der Waals surface area contributed by atoms with Crippen molar-refractivity contribution < 1.29 is 24.4 Å². The van der Waals surface area contributed by atoms with E-state index in [1.807, 2.05) is 12.1 Å². The number of hydrogen-bond donors (Lipinski definition) is 4. The van der Waals surface area contributed by atoms with Gasteiger partial charge in [0, 0.05) is 24.5 Å². The number of hydrogen-bond acceptors (Lipinski definition) is 12. The van der Waals surface area contributed by atoms with Crippen LogP contribution in [0.1, 0.15) is 41.8 Å². The van der Waals surface area contributed by atoms with E-state index in [9.17, 15) is 10.2 Å². The number of aromatic nitrogens is 4. The van der Waals surface area contributed by atoms with Gasteiger partial charge in [0.2, 0.25) is 5.95 Å². The molecule has 13 heteroatoms. The zero-order valence-electron chi connectivity index (χ0n) is 20.1. The standard InChI is InChI=1S/C24H26N8O5/c1-13-18(33)19(34)22(37-13)32-20-17(31-23(32)26-8-16-9-27-24(35-2)28-10-16)21(30-12-29-20)36-11-15-5-3-14(7-25)4-6-15/h3-6,9-10,12-13,18-19,21-22,33-34H,8,11H2,1-2H3,(H,26,31)(H,29,30)/t13-,18-,19-,21?,22-/m1/s1. The SMILES string of the molecule is COc1ncc(CNc2nc3c(n2[C@@H]2O[C@H](C)[C@@H](O)[C@H]2O)NC=NC3OCc2ccc(C#N)cc2)cn1. The molecular weight excluding hydrogens is 480 g/mol. The van der Waals surface area contributed by atoms with Gasteiger partial charge in [0.15, 0.2) is 12.5 Å². The highest BCUT2D eigenvalue weighted by molar-refractivity contribution is 5.79. The number of nitriles is 1. The van der Waals surface area contributed by atoms with Crippen LogP contribution in [0.5, 0.6) is 6.01 Å². The lowest BCUT2D eigenvalue weighted by Crippen LogP contribution is -2.31. The lowest BCUT2D eigenvalue weighted by Gasteiger charge is -2.23. The van der Waals surface area contributed by atoms with Gasteiger partial charge in [-0.05, 0) is 24.6 Å². The van der Waals surface area contributed by atoms with Crippen LogP contribution in [0.2, 0.25) is 0 Å². The summed E-state index contributed by atoms with van der Waals surface area (Å²) in [5, 5.41) is 36.4. The van der Waals surface area contributed by atoms with Crippen LogP contribution in [-0.2, 0) is 22.6 Å². The van der Waals surface area contributed by atoms with Gasteiger partial charge < -0.3 is 35.1 Å². The molecule has 1 saturated heterocycles. The molecule has 4 N–H and O–H groups in total. The normalized spacial score (nSPS) is 24.2. The minimum absolute atomic E-state index is 0.240. The number of nitrogens with zero attached hydrogens (tertiary/aromatic N) is 6. The summed E-state index contributed by atoms with van der Waals surface area (Å²) in [7, 11) is 1.49. The van der Waals surface area contributed by atoms with Crippen molar-refractivity contribution in [1.82, 2.24) is 19.5 Å². The Morgan fingerprint density at radius 2 is 1.92 bits per heavy atom. The van der Waals surface area contributed by atoms with Crippen LogP contribution in [-0.4, -0.2) is 61.5 Å². The predicted octanol–water partition coefficient (Wildman–Crippen LogP) is 1.47. The van der Waals surface area contributed by atoms with Crippen molar-refractivity contribution >= 4 is 18.1 Å². The lowest BCUT2D eigenvalue weighted by atomic mass is 10.1. The average molecular weight is 507 g/mol. The van der Waals surface area contributed by atoms with Crippen molar-refractivity contribution in [3.05, 3.63) is 59.0 Å². The third-order valence-electron chi connectivity index (χ3n) is 6.12. The van der Waals surface area contributed by atoms with E-state index in [0.717, 1.165) is 11.1 Å². The summed E-state index contributed by atoms with van der Waals surface area (Å²) in [6.07, 6.45) is 0.275. The minimum atomic E-state index is -1.18. The molecule has 2 aromatic heterocycles. The Hall–Kier alpha value is -4.09. The highest BCUT2D eigenvalue weighted by atomic mass is 16.6. The molecule has 13 nitrogen and oxygen atoms in total. The number of imidazole rings is 1. The first-order valence-corrected chi connectivity index (χ1v) is 11.6. The maximum atomic E-state index is 10.7. The van der Waals surface area contributed by atoms with Crippen molar-refractivity contribution in [2.75, 3.05) is 17.7 Å². The van der Waals surface area contributed by atoms with Crippen molar-refractivity contribution in [3.8, 4) is 12.1 Å². The molecule has 0 bridgehead atoms. The van der Waals surface area contributed by atoms with Gasteiger partial charge in [-0.3, -0.25) is 4.57 Å². The largest absolute Gasteiger partial charge is 0.467 e. The van der Waals surface area contributed by atoms with Gasteiger partial charge in [-0.1, -0.05) is 12.1 Å². The first-order valence-electron chi connectivity index (χ1n) is 11.6. The Bertz CT molecular complexity index is 1300. The number of nitrogens with one attached hydrogen (secondary N) is 2. The summed E-state index contributed by atoms with van der Waals surface area (Å²) < 4.78 is 18.6. The van der Waals surface area contributed by atoms with Gasteiger partial charge in [-0.15, -0.1) is 0 Å². The van der Waals surface area contributed by atoms with Crippen LogP contribution < -0.4 is 15.4 Å². The second kappa shape index (κ2) is 10.5. The molecule has 2 aliphatic heterocycles. The molecule has 0 aliphatic carbocycles. The van der Waals surface area contributed by atoms with E-state index in [-0.39, 0.29) is 12.6 Å². The van der Waals surface area contributed by atoms with Crippen LogP contribution >= 0.6 is 0 Å². The summed E-state index contributed by atoms with van der Waals surface area (Å²) in [4.78, 5) is 17.3. The lowest BCUT2D eigenvalue weighted by molar-refractivity contribution is -0.0298. The Morgan fingerprint density at radius 3 is 2.57 bits per heavy atom. The van der Waals surface area contributed by atoms with Gasteiger partial charge >= 0.3 is 6.01 Å². The number of aliphatic hydroxyl groups is 2. The quantitative estimate of drug-likeness (QED) is 0.348. The van der Waals surface area contributed by atoms with Crippen molar-refractivity contribution in [1.29, 1.82) is 5.26 Å². The highest BCUT2D eigenvalue weighted by Gasteiger charge is 2.44. The molecule has 1 fully saturated rings. The summed E-state index contributed by atoms with van der Waals surface area (Å²) in [5.41, 5.74) is 2.69. The molecule has 2 aliphatic rings. The van der Waals surface area contributed by atoms with Gasteiger partial charge in [-0.25, -0.2) is 19.9 Å². The smallest absolute Gasteiger partial charge is 0.316 e. The number of rotatable bonds is 8.